The minimum atomic E-state index is -4.68. The average Bonchev–Trinajstić information content (AvgIpc) is 2.52. The second kappa shape index (κ2) is 7.85. The van der Waals surface area contributed by atoms with Crippen LogP contribution in [0, 0.1) is 5.92 Å². The average molecular weight is 334 g/mol. The molecule has 2 rings (SSSR count). The first kappa shape index (κ1) is 17.8. The minimum Gasteiger partial charge on any atom is -0.406 e. The lowest BCUT2D eigenvalue weighted by Gasteiger charge is -2.37. The molecular formula is C15H21F3N2O3. The van der Waals surface area contributed by atoms with Crippen molar-refractivity contribution in [2.75, 3.05) is 50.8 Å². The van der Waals surface area contributed by atoms with Gasteiger partial charge in [-0.05, 0) is 24.3 Å². The number of benzene rings is 1. The lowest BCUT2D eigenvalue weighted by atomic mass is 10.1. The molecule has 0 saturated carbocycles. The van der Waals surface area contributed by atoms with E-state index >= 15 is 0 Å². The van der Waals surface area contributed by atoms with Crippen molar-refractivity contribution in [3.8, 4) is 5.75 Å². The third-order valence-corrected chi connectivity index (χ3v) is 3.84. The maximum Gasteiger partial charge on any atom is 0.573 e. The largest absolute Gasteiger partial charge is 0.573 e. The molecule has 1 heterocycles. The van der Waals surface area contributed by atoms with E-state index in [1.165, 1.54) is 12.1 Å². The van der Waals surface area contributed by atoms with Gasteiger partial charge in [-0.15, -0.1) is 13.2 Å². The van der Waals surface area contributed by atoms with Crippen molar-refractivity contribution in [2.45, 2.75) is 6.36 Å². The first-order chi connectivity index (χ1) is 10.9. The van der Waals surface area contributed by atoms with Crippen LogP contribution in [0.1, 0.15) is 0 Å². The maximum absolute atomic E-state index is 12.1. The van der Waals surface area contributed by atoms with Crippen LogP contribution < -0.4 is 9.64 Å². The quantitative estimate of drug-likeness (QED) is 0.822. The van der Waals surface area contributed by atoms with Gasteiger partial charge < -0.3 is 19.8 Å². The standard InChI is InChI=1S/C15H21F3N2O3/c16-15(17,18)23-14-3-1-13(2-4-14)20-7-5-19(6-8-20)9-12(10-21)11-22/h1-4,12,21-22H,5-11H2. The van der Waals surface area contributed by atoms with Crippen LogP contribution >= 0.6 is 0 Å². The number of piperazine rings is 1. The summed E-state index contributed by atoms with van der Waals surface area (Å²) in [5.74, 6) is -0.367. The van der Waals surface area contributed by atoms with Gasteiger partial charge in [0.15, 0.2) is 0 Å². The SMILES string of the molecule is OCC(CO)CN1CCN(c2ccc(OC(F)(F)F)cc2)CC1. The van der Waals surface area contributed by atoms with E-state index in [1.807, 2.05) is 0 Å². The molecular weight excluding hydrogens is 313 g/mol. The van der Waals surface area contributed by atoms with Crippen molar-refractivity contribution in [1.29, 1.82) is 0 Å². The fourth-order valence-corrected chi connectivity index (χ4v) is 2.59. The van der Waals surface area contributed by atoms with Crippen LogP contribution in [-0.4, -0.2) is 67.4 Å². The predicted octanol–water partition coefficient (Wildman–Crippen LogP) is 1.31. The van der Waals surface area contributed by atoms with E-state index in [4.69, 9.17) is 10.2 Å². The lowest BCUT2D eigenvalue weighted by molar-refractivity contribution is -0.274. The van der Waals surface area contributed by atoms with Gasteiger partial charge in [-0.1, -0.05) is 0 Å². The fourth-order valence-electron chi connectivity index (χ4n) is 2.59. The molecule has 5 nitrogen and oxygen atoms in total. The van der Waals surface area contributed by atoms with Crippen LogP contribution in [0.4, 0.5) is 18.9 Å². The number of nitrogens with zero attached hydrogens (tertiary/aromatic N) is 2. The number of hydrogen-bond acceptors (Lipinski definition) is 5. The Kier molecular flexibility index (Phi) is 6.09. The summed E-state index contributed by atoms with van der Waals surface area (Å²) in [7, 11) is 0. The smallest absolute Gasteiger partial charge is 0.406 e. The Hall–Kier alpha value is -1.51. The molecule has 130 valence electrons. The molecule has 23 heavy (non-hydrogen) atoms. The summed E-state index contributed by atoms with van der Waals surface area (Å²) in [5.41, 5.74) is 0.847. The zero-order chi connectivity index (χ0) is 16.9. The number of hydrogen-bond donors (Lipinski definition) is 2. The first-order valence-corrected chi connectivity index (χ1v) is 7.46. The molecule has 0 spiro atoms. The van der Waals surface area contributed by atoms with Gasteiger partial charge in [0.2, 0.25) is 0 Å². The highest BCUT2D eigenvalue weighted by Crippen LogP contribution is 2.25. The van der Waals surface area contributed by atoms with Crippen molar-refractivity contribution < 1.29 is 28.1 Å². The number of rotatable bonds is 6. The third-order valence-electron chi connectivity index (χ3n) is 3.84. The lowest BCUT2D eigenvalue weighted by Crippen LogP contribution is -2.48. The molecule has 8 heteroatoms. The second-order valence-electron chi connectivity index (χ2n) is 5.56. The molecule has 1 fully saturated rings. The Morgan fingerprint density at radius 2 is 1.57 bits per heavy atom. The summed E-state index contributed by atoms with van der Waals surface area (Å²) in [6.07, 6.45) is -4.68. The van der Waals surface area contributed by atoms with Gasteiger partial charge in [0.25, 0.3) is 0 Å². The molecule has 0 radical (unpaired) electrons. The van der Waals surface area contributed by atoms with Gasteiger partial charge in [-0.25, -0.2) is 0 Å². The van der Waals surface area contributed by atoms with Gasteiger partial charge in [-0.2, -0.15) is 0 Å². The second-order valence-corrected chi connectivity index (χ2v) is 5.56. The molecule has 2 N–H and O–H groups in total. The topological polar surface area (TPSA) is 56.2 Å². The molecule has 0 unspecified atom stereocenters. The van der Waals surface area contributed by atoms with Crippen molar-refractivity contribution in [3.63, 3.8) is 0 Å². The van der Waals surface area contributed by atoms with E-state index in [9.17, 15) is 13.2 Å². The number of aliphatic hydroxyl groups is 2. The molecule has 1 aliphatic rings. The molecule has 1 saturated heterocycles. The van der Waals surface area contributed by atoms with E-state index < -0.39 is 6.36 Å². The van der Waals surface area contributed by atoms with Gasteiger partial charge in [0, 0.05) is 57.5 Å². The van der Waals surface area contributed by atoms with Crippen LogP contribution in [-0.2, 0) is 0 Å². The van der Waals surface area contributed by atoms with E-state index in [-0.39, 0.29) is 24.9 Å². The molecule has 0 atom stereocenters. The molecule has 1 aromatic carbocycles. The molecule has 0 aromatic heterocycles. The van der Waals surface area contributed by atoms with Crippen molar-refractivity contribution in [3.05, 3.63) is 24.3 Å². The van der Waals surface area contributed by atoms with Gasteiger partial charge in [0.05, 0.1) is 0 Å². The third kappa shape index (κ3) is 5.56. The predicted molar refractivity (Wildman–Crippen MR) is 79.4 cm³/mol. The number of anilines is 1. The number of halogens is 3. The van der Waals surface area contributed by atoms with Gasteiger partial charge in [-0.3, -0.25) is 4.90 Å². The fraction of sp³-hybridized carbons (Fsp3) is 0.600. The molecule has 1 aromatic rings. The molecule has 0 amide bonds. The summed E-state index contributed by atoms with van der Waals surface area (Å²) in [6.45, 7) is 3.58. The van der Waals surface area contributed by atoms with E-state index in [1.54, 1.807) is 12.1 Å². The van der Waals surface area contributed by atoms with Crippen molar-refractivity contribution in [1.82, 2.24) is 4.90 Å². The summed E-state index contributed by atoms with van der Waals surface area (Å²) >= 11 is 0. The van der Waals surface area contributed by atoms with Crippen molar-refractivity contribution in [2.24, 2.45) is 5.92 Å². The van der Waals surface area contributed by atoms with Gasteiger partial charge >= 0.3 is 6.36 Å². The number of ether oxygens (including phenoxy) is 1. The Bertz CT molecular complexity index is 470. The van der Waals surface area contributed by atoms with Crippen LogP contribution in [0.5, 0.6) is 5.75 Å². The highest BCUT2D eigenvalue weighted by Gasteiger charge is 2.31. The Morgan fingerprint density at radius 1 is 1.00 bits per heavy atom. The zero-order valence-electron chi connectivity index (χ0n) is 12.7. The highest BCUT2D eigenvalue weighted by molar-refractivity contribution is 5.49. The Morgan fingerprint density at radius 3 is 2.04 bits per heavy atom. The summed E-state index contributed by atoms with van der Waals surface area (Å²) in [4.78, 5) is 4.25. The first-order valence-electron chi connectivity index (χ1n) is 7.46. The van der Waals surface area contributed by atoms with E-state index in [2.05, 4.69) is 14.5 Å². The molecule has 1 aliphatic heterocycles. The molecule has 0 bridgehead atoms. The molecule has 0 aliphatic carbocycles. The normalized spacial score (nSPS) is 16.9. The number of aliphatic hydroxyl groups excluding tert-OH is 2. The maximum atomic E-state index is 12.1. The highest BCUT2D eigenvalue weighted by atomic mass is 19.4. The number of alkyl halides is 3. The Balaban J connectivity index is 1.85. The van der Waals surface area contributed by atoms with Crippen LogP contribution in [0.3, 0.4) is 0 Å². The summed E-state index contributed by atoms with van der Waals surface area (Å²) in [5, 5.41) is 18.2. The summed E-state index contributed by atoms with van der Waals surface area (Å²) in [6, 6.07) is 5.84. The van der Waals surface area contributed by atoms with Crippen LogP contribution in [0.2, 0.25) is 0 Å². The Labute approximate surface area is 132 Å². The minimum absolute atomic E-state index is 0.0443. The van der Waals surface area contributed by atoms with Crippen LogP contribution in [0.25, 0.3) is 0 Å². The van der Waals surface area contributed by atoms with Gasteiger partial charge in [0.1, 0.15) is 5.75 Å². The zero-order valence-corrected chi connectivity index (χ0v) is 12.7. The van der Waals surface area contributed by atoms with E-state index in [0.717, 1.165) is 31.9 Å². The van der Waals surface area contributed by atoms with E-state index in [0.29, 0.717) is 6.54 Å². The summed E-state index contributed by atoms with van der Waals surface area (Å²) < 4.78 is 40.2. The monoisotopic (exact) mass is 334 g/mol. The van der Waals surface area contributed by atoms with Crippen molar-refractivity contribution >= 4 is 5.69 Å². The van der Waals surface area contributed by atoms with Crippen LogP contribution in [0.15, 0.2) is 24.3 Å².